The van der Waals surface area contributed by atoms with Crippen LogP contribution in [0.1, 0.15) is 16.1 Å². The van der Waals surface area contributed by atoms with Crippen LogP contribution >= 0.6 is 11.3 Å². The predicted molar refractivity (Wildman–Crippen MR) is 130 cm³/mol. The summed E-state index contributed by atoms with van der Waals surface area (Å²) in [6.45, 7) is 1.80. The summed E-state index contributed by atoms with van der Waals surface area (Å²) < 4.78 is 5.17. The van der Waals surface area contributed by atoms with Gasteiger partial charge in [0.2, 0.25) is 0 Å². The molecule has 0 atom stereocenters. The molecule has 3 aromatic rings. The Hall–Kier alpha value is -3.92. The molecule has 2 aromatic carbocycles. The largest absolute Gasteiger partial charge is 0.451 e. The maximum Gasteiger partial charge on any atom is 0.358 e. The highest BCUT2D eigenvalue weighted by Crippen LogP contribution is 2.17. The van der Waals surface area contributed by atoms with E-state index in [4.69, 9.17) is 4.74 Å². The molecule has 0 saturated carbocycles. The highest BCUT2D eigenvalue weighted by molar-refractivity contribution is 7.13. The minimum absolute atomic E-state index is 0.163. The molecule has 2 N–H and O–H groups in total. The number of piperazine rings is 1. The van der Waals surface area contributed by atoms with Crippen LogP contribution in [0.4, 0.5) is 15.6 Å². The second-order valence-corrected chi connectivity index (χ2v) is 8.48. The fraction of sp³-hybridized carbons (Fsp3) is 0.250. The third kappa shape index (κ3) is 6.32. The molecule has 2 heterocycles. The summed E-state index contributed by atoms with van der Waals surface area (Å²) in [5, 5.41) is 8.21. The average Bonchev–Trinajstić information content (AvgIpc) is 3.36. The third-order valence-corrected chi connectivity index (χ3v) is 6.07. The Kier molecular flexibility index (Phi) is 7.71. The lowest BCUT2D eigenvalue weighted by Crippen LogP contribution is -2.52. The van der Waals surface area contributed by atoms with Gasteiger partial charge in [0.15, 0.2) is 17.4 Å². The number of amides is 3. The van der Waals surface area contributed by atoms with Crippen molar-refractivity contribution in [3.8, 4) is 0 Å². The number of rotatable bonds is 7. The molecule has 1 saturated heterocycles. The van der Waals surface area contributed by atoms with Gasteiger partial charge in [-0.25, -0.2) is 14.6 Å². The van der Waals surface area contributed by atoms with Crippen molar-refractivity contribution in [2.75, 3.05) is 43.4 Å². The number of benzene rings is 2. The Morgan fingerprint density at radius 2 is 1.56 bits per heavy atom. The summed E-state index contributed by atoms with van der Waals surface area (Å²) in [4.78, 5) is 44.6. The number of urea groups is 1. The summed E-state index contributed by atoms with van der Waals surface area (Å²) in [6, 6.07) is 18.9. The zero-order valence-electron chi connectivity index (χ0n) is 18.5. The van der Waals surface area contributed by atoms with Crippen molar-refractivity contribution in [1.29, 1.82) is 0 Å². The SMILES string of the molecule is O=C(OCC(=O)N1CCN(C(=O)Nc2ccccc2)CC1)c1csc(NCc2ccccc2)n1. The molecule has 0 bridgehead atoms. The molecule has 9 nitrogen and oxygen atoms in total. The number of ether oxygens (including phenoxy) is 1. The van der Waals surface area contributed by atoms with Crippen LogP contribution in [0.25, 0.3) is 0 Å². The Balaban J connectivity index is 1.18. The van der Waals surface area contributed by atoms with E-state index in [9.17, 15) is 14.4 Å². The second-order valence-electron chi connectivity index (χ2n) is 7.62. The van der Waals surface area contributed by atoms with Crippen molar-refractivity contribution in [3.05, 3.63) is 77.3 Å². The van der Waals surface area contributed by atoms with E-state index >= 15 is 0 Å². The van der Waals surface area contributed by atoms with Gasteiger partial charge < -0.3 is 25.2 Å². The summed E-state index contributed by atoms with van der Waals surface area (Å²) in [6.07, 6.45) is 0. The van der Waals surface area contributed by atoms with Gasteiger partial charge >= 0.3 is 12.0 Å². The standard InChI is InChI=1S/C24H25N5O4S/c30-21(28-11-13-29(14-12-28)24(32)26-19-9-5-2-6-10-19)16-33-22(31)20-17-34-23(27-20)25-15-18-7-3-1-4-8-18/h1-10,17H,11-16H2,(H,25,27)(H,26,32). The zero-order valence-corrected chi connectivity index (χ0v) is 19.3. The molecule has 4 rings (SSSR count). The minimum Gasteiger partial charge on any atom is -0.451 e. The number of nitrogens with zero attached hydrogens (tertiary/aromatic N) is 3. The van der Waals surface area contributed by atoms with Crippen molar-refractivity contribution < 1.29 is 19.1 Å². The lowest BCUT2D eigenvalue weighted by atomic mass is 10.2. The molecular weight excluding hydrogens is 454 g/mol. The smallest absolute Gasteiger partial charge is 0.358 e. The molecule has 176 valence electrons. The van der Waals surface area contributed by atoms with Gasteiger partial charge in [0.1, 0.15) is 0 Å². The monoisotopic (exact) mass is 479 g/mol. The van der Waals surface area contributed by atoms with E-state index in [1.165, 1.54) is 11.3 Å². The lowest BCUT2D eigenvalue weighted by molar-refractivity contribution is -0.135. The van der Waals surface area contributed by atoms with E-state index in [0.717, 1.165) is 11.3 Å². The number of hydrogen-bond acceptors (Lipinski definition) is 7. The van der Waals surface area contributed by atoms with Crippen LogP contribution in [-0.2, 0) is 16.1 Å². The number of aromatic nitrogens is 1. The van der Waals surface area contributed by atoms with Gasteiger partial charge in [-0.15, -0.1) is 11.3 Å². The van der Waals surface area contributed by atoms with Crippen LogP contribution < -0.4 is 10.6 Å². The van der Waals surface area contributed by atoms with Crippen molar-refractivity contribution in [2.45, 2.75) is 6.54 Å². The zero-order chi connectivity index (χ0) is 23.8. The number of carbonyl (C=O) groups excluding carboxylic acids is 3. The molecule has 10 heteroatoms. The Bertz CT molecular complexity index is 1110. The van der Waals surface area contributed by atoms with Crippen LogP contribution in [0.3, 0.4) is 0 Å². The second kappa shape index (κ2) is 11.3. The summed E-state index contributed by atoms with van der Waals surface area (Å²) in [7, 11) is 0. The van der Waals surface area contributed by atoms with Crippen LogP contribution in [-0.4, -0.2) is 65.5 Å². The molecule has 0 unspecified atom stereocenters. The minimum atomic E-state index is -0.641. The molecule has 1 aliphatic heterocycles. The number of esters is 1. The number of thiazole rings is 1. The molecule has 34 heavy (non-hydrogen) atoms. The first-order valence-corrected chi connectivity index (χ1v) is 11.8. The van der Waals surface area contributed by atoms with E-state index in [0.29, 0.717) is 37.9 Å². The summed E-state index contributed by atoms with van der Waals surface area (Å²) in [5.41, 5.74) is 1.99. The average molecular weight is 480 g/mol. The summed E-state index contributed by atoms with van der Waals surface area (Å²) >= 11 is 1.30. The Labute approximate surface area is 201 Å². The van der Waals surface area contributed by atoms with Crippen molar-refractivity contribution in [1.82, 2.24) is 14.8 Å². The van der Waals surface area contributed by atoms with E-state index in [-0.39, 0.29) is 24.2 Å². The highest BCUT2D eigenvalue weighted by Gasteiger charge is 2.25. The first-order valence-electron chi connectivity index (χ1n) is 10.9. The Morgan fingerprint density at radius 1 is 0.912 bits per heavy atom. The van der Waals surface area contributed by atoms with E-state index in [1.54, 1.807) is 15.2 Å². The van der Waals surface area contributed by atoms with Gasteiger partial charge in [-0.2, -0.15) is 0 Å². The van der Waals surface area contributed by atoms with E-state index in [2.05, 4.69) is 15.6 Å². The number of nitrogens with one attached hydrogen (secondary N) is 2. The molecular formula is C24H25N5O4S. The summed E-state index contributed by atoms with van der Waals surface area (Å²) in [5.74, 6) is -0.938. The third-order valence-electron chi connectivity index (χ3n) is 5.27. The maximum atomic E-state index is 12.5. The molecule has 0 spiro atoms. The predicted octanol–water partition coefficient (Wildman–Crippen LogP) is 3.29. The molecule has 1 aromatic heterocycles. The molecule has 0 radical (unpaired) electrons. The van der Waals surface area contributed by atoms with Gasteiger partial charge in [-0.05, 0) is 17.7 Å². The van der Waals surface area contributed by atoms with Gasteiger partial charge in [0, 0.05) is 43.8 Å². The van der Waals surface area contributed by atoms with E-state index < -0.39 is 5.97 Å². The molecule has 1 fully saturated rings. The molecule has 0 aliphatic carbocycles. The van der Waals surface area contributed by atoms with Crippen molar-refractivity contribution >= 4 is 40.1 Å². The van der Waals surface area contributed by atoms with Gasteiger partial charge in [0.25, 0.3) is 5.91 Å². The topological polar surface area (TPSA) is 104 Å². The van der Waals surface area contributed by atoms with Crippen LogP contribution in [0.15, 0.2) is 66.0 Å². The van der Waals surface area contributed by atoms with Crippen LogP contribution in [0.5, 0.6) is 0 Å². The number of hydrogen-bond donors (Lipinski definition) is 2. The lowest BCUT2D eigenvalue weighted by Gasteiger charge is -2.34. The van der Waals surface area contributed by atoms with Gasteiger partial charge in [0.05, 0.1) is 0 Å². The fourth-order valence-corrected chi connectivity index (χ4v) is 4.08. The Morgan fingerprint density at radius 3 is 2.26 bits per heavy atom. The fourth-order valence-electron chi connectivity index (χ4n) is 3.40. The quantitative estimate of drug-likeness (QED) is 0.504. The van der Waals surface area contributed by atoms with Crippen molar-refractivity contribution in [2.24, 2.45) is 0 Å². The van der Waals surface area contributed by atoms with Crippen LogP contribution in [0.2, 0.25) is 0 Å². The van der Waals surface area contributed by atoms with Crippen molar-refractivity contribution in [3.63, 3.8) is 0 Å². The normalized spacial score (nSPS) is 13.3. The number of anilines is 2. The number of carbonyl (C=O) groups is 3. The van der Waals surface area contributed by atoms with Gasteiger partial charge in [-0.3, -0.25) is 4.79 Å². The maximum absolute atomic E-state index is 12.5. The first kappa shape index (κ1) is 23.2. The number of para-hydroxylation sites is 1. The molecule has 1 aliphatic rings. The first-order chi connectivity index (χ1) is 16.6. The van der Waals surface area contributed by atoms with E-state index in [1.807, 2.05) is 60.7 Å². The highest BCUT2D eigenvalue weighted by atomic mass is 32.1. The van der Waals surface area contributed by atoms with Gasteiger partial charge in [-0.1, -0.05) is 48.5 Å². The van der Waals surface area contributed by atoms with Crippen LogP contribution in [0, 0.1) is 0 Å². The molecule has 3 amide bonds.